The molecule has 0 aromatic heterocycles. The van der Waals surface area contributed by atoms with Crippen LogP contribution in [0.4, 0.5) is 0 Å². The van der Waals surface area contributed by atoms with Crippen LogP contribution in [0.2, 0.25) is 0 Å². The minimum absolute atomic E-state index is 0.335. The Hall–Kier alpha value is -1.10. The summed E-state index contributed by atoms with van der Waals surface area (Å²) in [7, 11) is 1.68. The van der Waals surface area contributed by atoms with E-state index in [0.717, 1.165) is 25.9 Å². The third kappa shape index (κ3) is 2.97. The van der Waals surface area contributed by atoms with Crippen LogP contribution in [0.1, 0.15) is 25.7 Å². The second kappa shape index (κ2) is 5.49. The van der Waals surface area contributed by atoms with E-state index in [2.05, 4.69) is 5.32 Å². The number of hydrogen-bond donors (Lipinski definition) is 1. The van der Waals surface area contributed by atoms with Gasteiger partial charge in [-0.1, -0.05) is 0 Å². The fourth-order valence-electron chi connectivity index (χ4n) is 2.52. The van der Waals surface area contributed by atoms with Gasteiger partial charge in [0.25, 0.3) is 0 Å². The van der Waals surface area contributed by atoms with E-state index in [0.29, 0.717) is 19.1 Å². The van der Waals surface area contributed by atoms with Crippen LogP contribution >= 0.6 is 0 Å². The molecule has 5 heteroatoms. The van der Waals surface area contributed by atoms with Crippen molar-refractivity contribution in [2.45, 2.75) is 31.7 Å². The Labute approximate surface area is 102 Å². The topological polar surface area (TPSA) is 52.6 Å². The Morgan fingerprint density at radius 3 is 2.82 bits per heavy atom. The molecule has 5 nitrogen and oxygen atoms in total. The summed E-state index contributed by atoms with van der Waals surface area (Å²) in [5, 5.41) is 3.44. The van der Waals surface area contributed by atoms with E-state index in [1.54, 1.807) is 11.9 Å². The van der Waals surface area contributed by atoms with Gasteiger partial charge in [-0.25, -0.2) is 0 Å². The highest BCUT2D eigenvalue weighted by Gasteiger charge is 2.29. The molecular formula is C12H21N3O2. The SMILES string of the molecule is CN1CCN(CCCC2CCCN2)C(=O)C1=O. The molecule has 2 rings (SSSR count). The maximum Gasteiger partial charge on any atom is 0.312 e. The van der Waals surface area contributed by atoms with Gasteiger partial charge in [-0.15, -0.1) is 0 Å². The minimum atomic E-state index is -0.366. The van der Waals surface area contributed by atoms with Gasteiger partial charge < -0.3 is 15.1 Å². The van der Waals surface area contributed by atoms with E-state index in [1.807, 2.05) is 0 Å². The molecule has 0 spiro atoms. The first-order chi connectivity index (χ1) is 8.18. The monoisotopic (exact) mass is 239 g/mol. The van der Waals surface area contributed by atoms with E-state index in [1.165, 1.54) is 17.7 Å². The summed E-state index contributed by atoms with van der Waals surface area (Å²) in [6.45, 7) is 3.18. The summed E-state index contributed by atoms with van der Waals surface area (Å²) in [5.41, 5.74) is 0. The van der Waals surface area contributed by atoms with Gasteiger partial charge in [0, 0.05) is 32.7 Å². The van der Waals surface area contributed by atoms with Gasteiger partial charge >= 0.3 is 11.8 Å². The maximum atomic E-state index is 11.7. The lowest BCUT2D eigenvalue weighted by Gasteiger charge is -2.31. The van der Waals surface area contributed by atoms with Crippen molar-refractivity contribution in [3.05, 3.63) is 0 Å². The van der Waals surface area contributed by atoms with Crippen molar-refractivity contribution in [2.75, 3.05) is 33.2 Å². The van der Waals surface area contributed by atoms with Crippen LogP contribution in [0, 0.1) is 0 Å². The van der Waals surface area contributed by atoms with Crippen LogP contribution in [0.5, 0.6) is 0 Å². The predicted molar refractivity (Wildman–Crippen MR) is 64.5 cm³/mol. The van der Waals surface area contributed by atoms with Crippen molar-refractivity contribution in [1.82, 2.24) is 15.1 Å². The van der Waals surface area contributed by atoms with Crippen molar-refractivity contribution >= 4 is 11.8 Å². The van der Waals surface area contributed by atoms with Gasteiger partial charge in [-0.3, -0.25) is 9.59 Å². The van der Waals surface area contributed by atoms with Crippen LogP contribution in [0.3, 0.4) is 0 Å². The van der Waals surface area contributed by atoms with E-state index in [-0.39, 0.29) is 11.8 Å². The van der Waals surface area contributed by atoms with Crippen molar-refractivity contribution in [3.63, 3.8) is 0 Å². The molecule has 2 amide bonds. The number of piperazine rings is 1. The quantitative estimate of drug-likeness (QED) is 0.692. The van der Waals surface area contributed by atoms with Crippen LogP contribution in [0.25, 0.3) is 0 Å². The first-order valence-electron chi connectivity index (χ1n) is 6.46. The number of nitrogens with one attached hydrogen (secondary N) is 1. The zero-order chi connectivity index (χ0) is 12.3. The summed E-state index contributed by atoms with van der Waals surface area (Å²) < 4.78 is 0. The molecule has 2 aliphatic heterocycles. The molecule has 96 valence electrons. The molecule has 2 fully saturated rings. The van der Waals surface area contributed by atoms with Crippen molar-refractivity contribution in [2.24, 2.45) is 0 Å². The highest BCUT2D eigenvalue weighted by molar-refractivity contribution is 6.35. The number of rotatable bonds is 4. The summed E-state index contributed by atoms with van der Waals surface area (Å²) in [6, 6.07) is 0.619. The van der Waals surface area contributed by atoms with Crippen molar-refractivity contribution < 1.29 is 9.59 Å². The highest BCUT2D eigenvalue weighted by atomic mass is 16.2. The molecule has 17 heavy (non-hydrogen) atoms. The summed E-state index contributed by atoms with van der Waals surface area (Å²) >= 11 is 0. The van der Waals surface area contributed by atoms with Gasteiger partial charge in [0.2, 0.25) is 0 Å². The summed E-state index contributed by atoms with van der Waals surface area (Å²) in [4.78, 5) is 26.3. The van der Waals surface area contributed by atoms with Gasteiger partial charge in [-0.05, 0) is 32.2 Å². The molecule has 2 aliphatic rings. The lowest BCUT2D eigenvalue weighted by atomic mass is 10.1. The van der Waals surface area contributed by atoms with Gasteiger partial charge in [-0.2, -0.15) is 0 Å². The molecule has 0 aromatic carbocycles. The average molecular weight is 239 g/mol. The van der Waals surface area contributed by atoms with Crippen LogP contribution < -0.4 is 5.32 Å². The van der Waals surface area contributed by atoms with E-state index < -0.39 is 0 Å². The number of carbonyl (C=O) groups excluding carboxylic acids is 2. The number of nitrogens with zero attached hydrogens (tertiary/aromatic N) is 2. The first kappa shape index (κ1) is 12.4. The standard InChI is InChI=1S/C12H21N3O2/c1-14-8-9-15(12(17)11(14)16)7-3-5-10-4-2-6-13-10/h10,13H,2-9H2,1H3. The second-order valence-electron chi connectivity index (χ2n) is 4.95. The second-order valence-corrected chi connectivity index (χ2v) is 4.95. The van der Waals surface area contributed by atoms with Crippen molar-refractivity contribution in [1.29, 1.82) is 0 Å². The zero-order valence-corrected chi connectivity index (χ0v) is 10.4. The molecule has 0 aliphatic carbocycles. The molecule has 0 bridgehead atoms. The fraction of sp³-hybridized carbons (Fsp3) is 0.833. The molecule has 1 atom stereocenters. The van der Waals surface area contributed by atoms with Crippen LogP contribution in [-0.2, 0) is 9.59 Å². The highest BCUT2D eigenvalue weighted by Crippen LogP contribution is 2.12. The summed E-state index contributed by atoms with van der Waals surface area (Å²) in [6.07, 6.45) is 4.60. The Morgan fingerprint density at radius 2 is 2.12 bits per heavy atom. The lowest BCUT2D eigenvalue weighted by Crippen LogP contribution is -2.53. The number of carbonyl (C=O) groups is 2. The average Bonchev–Trinajstić information content (AvgIpc) is 2.82. The van der Waals surface area contributed by atoms with E-state index >= 15 is 0 Å². The number of hydrogen-bond acceptors (Lipinski definition) is 3. The fourth-order valence-corrected chi connectivity index (χ4v) is 2.52. The Balaban J connectivity index is 1.71. The molecule has 1 N–H and O–H groups in total. The molecule has 2 heterocycles. The molecule has 1 unspecified atom stereocenters. The Morgan fingerprint density at radius 1 is 1.29 bits per heavy atom. The first-order valence-corrected chi connectivity index (χ1v) is 6.46. The third-order valence-corrected chi connectivity index (χ3v) is 3.67. The van der Waals surface area contributed by atoms with Crippen molar-refractivity contribution in [3.8, 4) is 0 Å². The largest absolute Gasteiger partial charge is 0.336 e. The zero-order valence-electron chi connectivity index (χ0n) is 10.4. The Bertz CT molecular complexity index is 300. The number of likely N-dealkylation sites (N-methyl/N-ethyl adjacent to an activating group) is 1. The molecule has 0 aromatic rings. The molecule has 0 radical (unpaired) electrons. The Kier molecular flexibility index (Phi) is 3.99. The van der Waals surface area contributed by atoms with Gasteiger partial charge in [0.05, 0.1) is 0 Å². The number of amides is 2. The van der Waals surface area contributed by atoms with E-state index in [9.17, 15) is 9.59 Å². The molecular weight excluding hydrogens is 218 g/mol. The van der Waals surface area contributed by atoms with Crippen LogP contribution in [0.15, 0.2) is 0 Å². The molecule has 0 saturated carbocycles. The summed E-state index contributed by atoms with van der Waals surface area (Å²) in [5.74, 6) is -0.701. The normalized spacial score (nSPS) is 25.8. The maximum absolute atomic E-state index is 11.7. The minimum Gasteiger partial charge on any atom is -0.336 e. The van der Waals surface area contributed by atoms with Gasteiger partial charge in [0.1, 0.15) is 0 Å². The molecule has 2 saturated heterocycles. The van der Waals surface area contributed by atoms with Gasteiger partial charge in [0.15, 0.2) is 0 Å². The smallest absolute Gasteiger partial charge is 0.312 e. The lowest BCUT2D eigenvalue weighted by molar-refractivity contribution is -0.154. The predicted octanol–water partition coefficient (Wildman–Crippen LogP) is -0.181. The van der Waals surface area contributed by atoms with Crippen LogP contribution in [-0.4, -0.2) is 60.9 Å². The third-order valence-electron chi connectivity index (χ3n) is 3.67. The van der Waals surface area contributed by atoms with E-state index in [4.69, 9.17) is 0 Å².